The van der Waals surface area contributed by atoms with Crippen molar-refractivity contribution in [3.8, 4) is 17.3 Å². The second kappa shape index (κ2) is 5.18. The van der Waals surface area contributed by atoms with E-state index in [1.807, 2.05) is 35.3 Å². The lowest BCUT2D eigenvalue weighted by Gasteiger charge is -1.94. The summed E-state index contributed by atoms with van der Waals surface area (Å²) < 4.78 is 2.01. The van der Waals surface area contributed by atoms with Gasteiger partial charge in [0.05, 0.1) is 24.1 Å². The van der Waals surface area contributed by atoms with Gasteiger partial charge >= 0.3 is 0 Å². The average molecular weight is 354 g/mol. The molecular formula is C18H12N9+. The summed E-state index contributed by atoms with van der Waals surface area (Å²) in [5, 5.41) is 7.84. The summed E-state index contributed by atoms with van der Waals surface area (Å²) in [7, 11) is 0. The molecule has 0 bridgehead atoms. The van der Waals surface area contributed by atoms with Crippen LogP contribution in [0.5, 0.6) is 0 Å². The van der Waals surface area contributed by atoms with Crippen LogP contribution in [0.15, 0.2) is 55.4 Å². The van der Waals surface area contributed by atoms with Gasteiger partial charge in [-0.3, -0.25) is 10.1 Å². The molecule has 0 saturated heterocycles. The van der Waals surface area contributed by atoms with Gasteiger partial charge in [-0.1, -0.05) is 0 Å². The number of rotatable bonds is 2. The monoisotopic (exact) mass is 354 g/mol. The van der Waals surface area contributed by atoms with Gasteiger partial charge in [0.2, 0.25) is 0 Å². The van der Waals surface area contributed by atoms with Gasteiger partial charge in [-0.2, -0.15) is 5.10 Å². The van der Waals surface area contributed by atoms with Gasteiger partial charge in [-0.15, -0.1) is 0 Å². The Balaban J connectivity index is 1.46. The lowest BCUT2D eigenvalue weighted by atomic mass is 10.3. The summed E-state index contributed by atoms with van der Waals surface area (Å²) in [6.45, 7) is 0. The number of pyridine rings is 2. The molecule has 6 aromatic rings. The third kappa shape index (κ3) is 2.18. The number of nitrogens with zero attached hydrogens (tertiary/aromatic N) is 6. The summed E-state index contributed by atoms with van der Waals surface area (Å²) in [6.07, 6.45) is 10.9. The largest absolute Gasteiger partial charge is 0.334 e. The van der Waals surface area contributed by atoms with Crippen LogP contribution in [0.2, 0.25) is 0 Å². The fourth-order valence-electron chi connectivity index (χ4n) is 3.17. The Bertz CT molecular complexity index is 1410. The van der Waals surface area contributed by atoms with Crippen LogP contribution in [0.25, 0.3) is 50.4 Å². The van der Waals surface area contributed by atoms with Crippen molar-refractivity contribution in [2.24, 2.45) is 0 Å². The number of imidazole rings is 1. The minimum absolute atomic E-state index is 0.634. The first-order valence-corrected chi connectivity index (χ1v) is 8.34. The minimum atomic E-state index is 0.634. The molecule has 0 atom stereocenters. The Labute approximate surface area is 151 Å². The molecule has 0 amide bonds. The maximum atomic E-state index is 4.63. The Morgan fingerprint density at radius 1 is 0.926 bits per heavy atom. The van der Waals surface area contributed by atoms with Crippen molar-refractivity contribution >= 4 is 33.1 Å². The fourth-order valence-corrected chi connectivity index (χ4v) is 3.17. The van der Waals surface area contributed by atoms with E-state index >= 15 is 0 Å². The Kier molecular flexibility index (Phi) is 2.70. The van der Waals surface area contributed by atoms with Crippen LogP contribution in [0.3, 0.4) is 0 Å². The van der Waals surface area contributed by atoms with Gasteiger partial charge in [0.15, 0.2) is 11.5 Å². The first-order valence-electron chi connectivity index (χ1n) is 8.34. The summed E-state index contributed by atoms with van der Waals surface area (Å²) in [5.41, 5.74) is 4.81. The third-order valence-corrected chi connectivity index (χ3v) is 4.51. The molecule has 0 aliphatic rings. The first-order chi connectivity index (χ1) is 13.3. The third-order valence-electron chi connectivity index (χ3n) is 4.51. The van der Waals surface area contributed by atoms with Gasteiger partial charge in [0.1, 0.15) is 28.4 Å². The molecule has 0 radical (unpaired) electrons. The zero-order chi connectivity index (χ0) is 17.8. The van der Waals surface area contributed by atoms with E-state index in [-0.39, 0.29) is 0 Å². The maximum Gasteiger partial charge on any atom is 0.285 e. The zero-order valence-electron chi connectivity index (χ0n) is 13.9. The van der Waals surface area contributed by atoms with Crippen LogP contribution in [0.4, 0.5) is 0 Å². The highest BCUT2D eigenvalue weighted by Crippen LogP contribution is 2.19. The molecular weight excluding hydrogens is 342 g/mol. The van der Waals surface area contributed by atoms with Crippen molar-refractivity contribution in [2.45, 2.75) is 0 Å². The highest BCUT2D eigenvalue weighted by atomic mass is 15.2. The number of aromatic nitrogens is 9. The van der Waals surface area contributed by atoms with Crippen molar-refractivity contribution in [3.05, 3.63) is 55.4 Å². The van der Waals surface area contributed by atoms with Crippen LogP contribution in [0.1, 0.15) is 0 Å². The Morgan fingerprint density at radius 3 is 2.89 bits per heavy atom. The van der Waals surface area contributed by atoms with E-state index in [0.29, 0.717) is 17.2 Å². The SMILES string of the molecule is c1cc2[nH]c(-[n+]3ccc4nc(-c5cnc6cn[nH]c6n5)[nH]c4c3)cc2cn1. The number of fused-ring (bicyclic) bond motifs is 3. The van der Waals surface area contributed by atoms with Crippen LogP contribution in [-0.4, -0.2) is 40.1 Å². The lowest BCUT2D eigenvalue weighted by molar-refractivity contribution is -0.597. The zero-order valence-corrected chi connectivity index (χ0v) is 13.9. The first kappa shape index (κ1) is 14.1. The molecule has 9 nitrogen and oxygen atoms in total. The van der Waals surface area contributed by atoms with Gasteiger partial charge in [-0.05, 0) is 0 Å². The molecule has 0 aliphatic heterocycles. The summed E-state index contributed by atoms with van der Waals surface area (Å²) in [6, 6.07) is 5.97. The fraction of sp³-hybridized carbons (Fsp3) is 0. The van der Waals surface area contributed by atoms with Gasteiger partial charge in [-0.25, -0.2) is 24.5 Å². The van der Waals surface area contributed by atoms with Crippen LogP contribution in [0, 0.1) is 0 Å². The molecule has 0 fully saturated rings. The summed E-state index contributed by atoms with van der Waals surface area (Å²) in [4.78, 5) is 24.4. The molecule has 0 unspecified atom stereocenters. The predicted octanol–water partition coefficient (Wildman–Crippen LogP) is 2.05. The molecule has 9 heteroatoms. The average Bonchev–Trinajstić information content (AvgIpc) is 3.42. The van der Waals surface area contributed by atoms with Gasteiger partial charge in [0.25, 0.3) is 5.82 Å². The summed E-state index contributed by atoms with van der Waals surface area (Å²) >= 11 is 0. The van der Waals surface area contributed by atoms with Crippen LogP contribution < -0.4 is 4.57 Å². The van der Waals surface area contributed by atoms with Gasteiger partial charge < -0.3 is 4.98 Å². The van der Waals surface area contributed by atoms with Crippen molar-refractivity contribution in [2.75, 3.05) is 0 Å². The quantitative estimate of drug-likeness (QED) is 0.412. The maximum absolute atomic E-state index is 4.63. The molecule has 27 heavy (non-hydrogen) atoms. The smallest absolute Gasteiger partial charge is 0.285 e. The molecule has 6 heterocycles. The highest BCUT2D eigenvalue weighted by molar-refractivity contribution is 5.81. The number of H-pyrrole nitrogens is 3. The predicted molar refractivity (Wildman–Crippen MR) is 98.0 cm³/mol. The second-order valence-corrected chi connectivity index (χ2v) is 6.21. The number of hydrogen-bond acceptors (Lipinski definition) is 5. The van der Waals surface area contributed by atoms with E-state index < -0.39 is 0 Å². The Hall–Kier alpha value is -4.14. The van der Waals surface area contributed by atoms with E-state index in [0.717, 1.165) is 33.3 Å². The minimum Gasteiger partial charge on any atom is -0.334 e. The van der Waals surface area contributed by atoms with Crippen molar-refractivity contribution in [1.82, 2.24) is 40.1 Å². The van der Waals surface area contributed by atoms with Crippen molar-refractivity contribution in [1.29, 1.82) is 0 Å². The molecule has 0 aromatic carbocycles. The van der Waals surface area contributed by atoms with Crippen molar-refractivity contribution in [3.63, 3.8) is 0 Å². The summed E-state index contributed by atoms with van der Waals surface area (Å²) in [5.74, 6) is 1.61. The van der Waals surface area contributed by atoms with Crippen molar-refractivity contribution < 1.29 is 4.57 Å². The molecule has 3 N–H and O–H groups in total. The molecule has 6 aromatic heterocycles. The highest BCUT2D eigenvalue weighted by Gasteiger charge is 2.14. The topological polar surface area (TPSA) is 116 Å². The lowest BCUT2D eigenvalue weighted by Crippen LogP contribution is -2.29. The van der Waals surface area contributed by atoms with E-state index in [9.17, 15) is 0 Å². The molecule has 0 spiro atoms. The van der Waals surface area contributed by atoms with Crippen LogP contribution >= 0.6 is 0 Å². The standard InChI is InChI=1S/C18H11N9/c1-3-19-6-10-5-16(22-11(1)10)27-4-2-12-15(9-27)25-17(23-12)14-7-20-13-8-21-26-18(13)24-14/h1-9H,(H2,19,20,21,22,24,25,26)/p+1. The molecule has 6 rings (SSSR count). The second-order valence-electron chi connectivity index (χ2n) is 6.21. The number of hydrogen-bond donors (Lipinski definition) is 3. The Morgan fingerprint density at radius 2 is 1.93 bits per heavy atom. The normalized spacial score (nSPS) is 11.7. The molecule has 0 aliphatic carbocycles. The molecule has 128 valence electrons. The molecule has 0 saturated carbocycles. The van der Waals surface area contributed by atoms with E-state index in [1.165, 1.54) is 0 Å². The van der Waals surface area contributed by atoms with E-state index in [1.54, 1.807) is 18.6 Å². The number of nitrogens with one attached hydrogen (secondary N) is 3. The van der Waals surface area contributed by atoms with E-state index in [4.69, 9.17) is 0 Å². The number of aromatic amines is 3. The van der Waals surface area contributed by atoms with Crippen LogP contribution in [-0.2, 0) is 0 Å². The van der Waals surface area contributed by atoms with E-state index in [2.05, 4.69) is 46.2 Å². The van der Waals surface area contributed by atoms with Gasteiger partial charge in [0, 0.05) is 36.0 Å².